The number of aliphatic imine (C=N–C) groups is 1. The molecule has 1 saturated carbocycles. The van der Waals surface area contributed by atoms with Gasteiger partial charge in [-0.2, -0.15) is 0 Å². The van der Waals surface area contributed by atoms with E-state index in [9.17, 15) is 9.00 Å². The Labute approximate surface area is 230 Å². The minimum atomic E-state index is -1.06. The summed E-state index contributed by atoms with van der Waals surface area (Å²) in [6.45, 7) is 8.61. The molecule has 3 aromatic heterocycles. The van der Waals surface area contributed by atoms with Gasteiger partial charge in [0.1, 0.15) is 11.7 Å². The zero-order chi connectivity index (χ0) is 27.5. The van der Waals surface area contributed by atoms with E-state index >= 15 is 0 Å². The largest absolute Gasteiger partial charge is 0.360 e. The van der Waals surface area contributed by atoms with Crippen LogP contribution in [0.15, 0.2) is 44.3 Å². The van der Waals surface area contributed by atoms with Crippen LogP contribution in [0.25, 0.3) is 6.20 Å². The third-order valence-corrected chi connectivity index (χ3v) is 8.35. The van der Waals surface area contributed by atoms with Gasteiger partial charge in [0.15, 0.2) is 11.3 Å². The number of rotatable bonds is 10. The molecule has 39 heavy (non-hydrogen) atoms. The Morgan fingerprint density at radius 2 is 2.00 bits per heavy atom. The number of aryl methyl sites for hydroxylation is 1. The Bertz CT molecular complexity index is 1610. The molecule has 0 saturated heterocycles. The number of hydrogen-bond donors (Lipinski definition) is 1. The minimum absolute atomic E-state index is 0.0660. The lowest BCUT2D eigenvalue weighted by Gasteiger charge is -2.16. The van der Waals surface area contributed by atoms with Crippen molar-refractivity contribution in [2.45, 2.75) is 76.8 Å². The summed E-state index contributed by atoms with van der Waals surface area (Å²) in [7, 11) is -1.06. The quantitative estimate of drug-likeness (QED) is 0.414. The molecule has 1 aliphatic heterocycles. The Kier molecular flexibility index (Phi) is 8.06. The SMILES string of the molecule is CCC[C@H](C)n1c(=O)c(NCc2ccc(S(=O)CC)cn2)nc2c1=NCC(c1c(C)ncnc1C1CC1)=NC=2. The summed E-state index contributed by atoms with van der Waals surface area (Å²) < 4.78 is 13.8. The van der Waals surface area contributed by atoms with Crippen molar-refractivity contribution in [2.24, 2.45) is 9.98 Å². The molecular weight excluding hydrogens is 512 g/mol. The molecule has 0 amide bonds. The number of anilines is 1. The number of hydrogen-bond acceptors (Lipinski definition) is 9. The fraction of sp³-hybridized carbons (Fsp3) is 0.464. The summed E-state index contributed by atoms with van der Waals surface area (Å²) in [5.41, 5.74) is 4.70. The Hall–Kier alpha value is -3.60. The topological polar surface area (TPSA) is 127 Å². The molecule has 2 aliphatic rings. The normalized spacial score (nSPS) is 16.3. The van der Waals surface area contributed by atoms with E-state index in [1.807, 2.05) is 32.9 Å². The average molecular weight is 547 g/mol. The molecule has 0 spiro atoms. The molecule has 0 radical (unpaired) electrons. The van der Waals surface area contributed by atoms with Crippen LogP contribution in [0, 0.1) is 6.92 Å². The van der Waals surface area contributed by atoms with Crippen molar-refractivity contribution in [2.75, 3.05) is 17.6 Å². The van der Waals surface area contributed by atoms with Gasteiger partial charge in [0.05, 0.1) is 57.8 Å². The highest BCUT2D eigenvalue weighted by molar-refractivity contribution is 7.85. The van der Waals surface area contributed by atoms with E-state index in [4.69, 9.17) is 9.98 Å². The van der Waals surface area contributed by atoms with Gasteiger partial charge in [0.2, 0.25) is 0 Å². The Balaban J connectivity index is 1.53. The van der Waals surface area contributed by atoms with E-state index in [1.165, 1.54) is 0 Å². The molecule has 1 aliphatic carbocycles. The summed E-state index contributed by atoms with van der Waals surface area (Å²) in [5.74, 6) is 1.21. The predicted molar refractivity (Wildman–Crippen MR) is 152 cm³/mol. The molecule has 204 valence electrons. The molecule has 2 atom stereocenters. The van der Waals surface area contributed by atoms with Crippen LogP contribution >= 0.6 is 0 Å². The summed E-state index contributed by atoms with van der Waals surface area (Å²) in [5, 5.41) is 3.71. The highest BCUT2D eigenvalue weighted by Gasteiger charge is 2.30. The molecule has 1 fully saturated rings. The fourth-order valence-electron chi connectivity index (χ4n) is 4.85. The molecule has 11 heteroatoms. The van der Waals surface area contributed by atoms with E-state index in [1.54, 1.807) is 23.3 Å². The zero-order valence-corrected chi connectivity index (χ0v) is 23.7. The van der Waals surface area contributed by atoms with Gasteiger partial charge in [-0.25, -0.2) is 15.0 Å². The highest BCUT2D eigenvalue weighted by atomic mass is 32.2. The second-order valence-corrected chi connectivity index (χ2v) is 11.7. The first kappa shape index (κ1) is 27.0. The monoisotopic (exact) mass is 546 g/mol. The van der Waals surface area contributed by atoms with Crippen LogP contribution in [-0.2, 0) is 17.3 Å². The maximum atomic E-state index is 13.7. The third-order valence-electron chi connectivity index (χ3n) is 7.06. The molecular formula is C28H34N8O2S. The third kappa shape index (κ3) is 5.73. The number of pyridine rings is 1. The van der Waals surface area contributed by atoms with Crippen molar-refractivity contribution < 1.29 is 4.21 Å². The summed E-state index contributed by atoms with van der Waals surface area (Å²) in [4.78, 5) is 42.1. The minimum Gasteiger partial charge on any atom is -0.360 e. The van der Waals surface area contributed by atoms with Crippen LogP contribution < -0.4 is 21.7 Å². The van der Waals surface area contributed by atoms with Crippen molar-refractivity contribution in [3.8, 4) is 0 Å². The number of nitrogens with zero attached hydrogens (tertiary/aromatic N) is 7. The molecule has 5 rings (SSSR count). The number of nitrogens with one attached hydrogen (secondary N) is 1. The van der Waals surface area contributed by atoms with Gasteiger partial charge in [-0.15, -0.1) is 0 Å². The molecule has 0 aromatic carbocycles. The van der Waals surface area contributed by atoms with Gasteiger partial charge in [-0.05, 0) is 45.2 Å². The molecule has 10 nitrogen and oxygen atoms in total. The van der Waals surface area contributed by atoms with Crippen molar-refractivity contribution in [1.82, 2.24) is 24.5 Å². The van der Waals surface area contributed by atoms with Crippen molar-refractivity contribution >= 4 is 28.5 Å². The first-order chi connectivity index (χ1) is 18.9. The van der Waals surface area contributed by atoms with E-state index in [0.29, 0.717) is 40.5 Å². The number of fused-ring (bicyclic) bond motifs is 1. The van der Waals surface area contributed by atoms with Crippen molar-refractivity contribution in [3.63, 3.8) is 0 Å². The molecule has 1 N–H and O–H groups in total. The van der Waals surface area contributed by atoms with Crippen molar-refractivity contribution in [3.05, 3.63) is 68.5 Å². The van der Waals surface area contributed by atoms with Crippen LogP contribution in [0.2, 0.25) is 0 Å². The van der Waals surface area contributed by atoms with E-state index in [-0.39, 0.29) is 17.4 Å². The second kappa shape index (κ2) is 11.6. The van der Waals surface area contributed by atoms with Crippen LogP contribution in [0.1, 0.15) is 81.1 Å². The van der Waals surface area contributed by atoms with Gasteiger partial charge < -0.3 is 5.32 Å². The van der Waals surface area contributed by atoms with E-state index < -0.39 is 10.8 Å². The van der Waals surface area contributed by atoms with E-state index in [2.05, 4.69) is 32.2 Å². The van der Waals surface area contributed by atoms with Gasteiger partial charge >= 0.3 is 0 Å². The second-order valence-electron chi connectivity index (χ2n) is 9.97. The molecule has 1 unspecified atom stereocenters. The molecule has 0 bridgehead atoms. The van der Waals surface area contributed by atoms with Crippen LogP contribution in [0.5, 0.6) is 0 Å². The Morgan fingerprint density at radius 1 is 1.18 bits per heavy atom. The van der Waals surface area contributed by atoms with Crippen LogP contribution in [-0.4, -0.2) is 46.7 Å². The molecule has 3 aromatic rings. The maximum Gasteiger partial charge on any atom is 0.295 e. The standard InChI is InChI=1S/C28H34N8O2S/c1-5-7-17(3)36-27-23(15-30-22(14-32-27)24-18(4)33-16-34-25(24)19-8-9-19)35-26(28(36)37)31-12-20-10-11-21(13-29-20)39(38)6-2/h10-11,13,15-17,19H,5-9,12,14H2,1-4H3,(H,31,35)/t17-,39?/m0/s1. The number of aromatic nitrogens is 5. The predicted octanol–water partition coefficient (Wildman–Crippen LogP) is 2.58. The summed E-state index contributed by atoms with van der Waals surface area (Å²) in [6, 6.07) is 3.56. The lowest BCUT2D eigenvalue weighted by molar-refractivity contribution is 0.464. The maximum absolute atomic E-state index is 13.7. The van der Waals surface area contributed by atoms with Crippen LogP contribution in [0.4, 0.5) is 5.82 Å². The lowest BCUT2D eigenvalue weighted by atomic mass is 10.0. The van der Waals surface area contributed by atoms with E-state index in [0.717, 1.165) is 54.0 Å². The zero-order valence-electron chi connectivity index (χ0n) is 22.8. The first-order valence-electron chi connectivity index (χ1n) is 13.5. The first-order valence-corrected chi connectivity index (χ1v) is 14.9. The Morgan fingerprint density at radius 3 is 2.69 bits per heavy atom. The van der Waals surface area contributed by atoms with Gasteiger partial charge in [0.25, 0.3) is 5.56 Å². The lowest BCUT2D eigenvalue weighted by Crippen LogP contribution is -2.48. The van der Waals surface area contributed by atoms with Gasteiger partial charge in [0, 0.05) is 29.5 Å². The average Bonchev–Trinajstić information content (AvgIpc) is 3.80. The smallest absolute Gasteiger partial charge is 0.295 e. The fourth-order valence-corrected chi connectivity index (χ4v) is 5.57. The summed E-state index contributed by atoms with van der Waals surface area (Å²) in [6.07, 6.45) is 8.95. The molecule has 4 heterocycles. The highest BCUT2D eigenvalue weighted by Crippen LogP contribution is 2.41. The van der Waals surface area contributed by atoms with Crippen molar-refractivity contribution in [1.29, 1.82) is 0 Å². The van der Waals surface area contributed by atoms with Crippen LogP contribution in [0.3, 0.4) is 0 Å². The summed E-state index contributed by atoms with van der Waals surface area (Å²) >= 11 is 0. The van der Waals surface area contributed by atoms with Gasteiger partial charge in [-0.3, -0.25) is 28.5 Å². The van der Waals surface area contributed by atoms with Gasteiger partial charge in [-0.1, -0.05) is 20.3 Å².